The van der Waals surface area contributed by atoms with E-state index in [1.165, 1.54) is 6.92 Å². The lowest BCUT2D eigenvalue weighted by Gasteiger charge is -2.32. The highest BCUT2D eigenvalue weighted by molar-refractivity contribution is 6.62. The third kappa shape index (κ3) is 2.20. The molecule has 1 aliphatic heterocycles. The Morgan fingerprint density at radius 3 is 2.22 bits per heavy atom. The van der Waals surface area contributed by atoms with Gasteiger partial charge >= 0.3 is 7.12 Å². The fourth-order valence-electron chi connectivity index (χ4n) is 1.76. The number of hydrogen-bond acceptors (Lipinski definition) is 4. The molecule has 1 aromatic rings. The van der Waals surface area contributed by atoms with E-state index in [-0.39, 0.29) is 17.0 Å². The molecular weight excluding hydrogens is 229 g/mol. The largest absolute Gasteiger partial charge is 0.496 e. The average Bonchev–Trinajstić information content (AvgIpc) is 2.48. The second-order valence-electron chi connectivity index (χ2n) is 5.65. The number of aromatic nitrogens is 1. The maximum atomic E-state index is 11.3. The van der Waals surface area contributed by atoms with E-state index in [0.717, 1.165) is 5.46 Å². The van der Waals surface area contributed by atoms with Crippen molar-refractivity contribution in [1.29, 1.82) is 0 Å². The van der Waals surface area contributed by atoms with E-state index < -0.39 is 7.12 Å². The molecule has 1 aliphatic rings. The van der Waals surface area contributed by atoms with E-state index in [1.807, 2.05) is 27.7 Å². The van der Waals surface area contributed by atoms with Gasteiger partial charge in [0.2, 0.25) is 0 Å². The first kappa shape index (κ1) is 13.2. The van der Waals surface area contributed by atoms with Gasteiger partial charge in [0.25, 0.3) is 0 Å². The van der Waals surface area contributed by atoms with E-state index in [4.69, 9.17) is 9.31 Å². The first-order valence-corrected chi connectivity index (χ1v) is 6.04. The molecule has 0 aliphatic carbocycles. The molecule has 0 radical (unpaired) electrons. The van der Waals surface area contributed by atoms with Crippen molar-refractivity contribution in [2.45, 2.75) is 45.8 Å². The van der Waals surface area contributed by atoms with Crippen LogP contribution in [-0.2, 0) is 9.31 Å². The van der Waals surface area contributed by atoms with Gasteiger partial charge in [0.15, 0.2) is 5.78 Å². The topological polar surface area (TPSA) is 48.4 Å². The smallest absolute Gasteiger partial charge is 0.399 e. The van der Waals surface area contributed by atoms with E-state index in [9.17, 15) is 4.79 Å². The summed E-state index contributed by atoms with van der Waals surface area (Å²) in [6.07, 6.45) is 3.23. The molecule has 0 amide bonds. The Labute approximate surface area is 108 Å². The predicted octanol–water partition coefficient (Wildman–Crippen LogP) is 1.58. The highest BCUT2D eigenvalue weighted by Crippen LogP contribution is 2.36. The molecule has 0 saturated carbocycles. The maximum Gasteiger partial charge on any atom is 0.496 e. The van der Waals surface area contributed by atoms with Crippen LogP contribution in [0.25, 0.3) is 0 Å². The number of pyridine rings is 1. The molecule has 0 N–H and O–H groups in total. The number of rotatable bonds is 2. The van der Waals surface area contributed by atoms with E-state index in [2.05, 4.69) is 4.98 Å². The van der Waals surface area contributed by atoms with Gasteiger partial charge in [-0.3, -0.25) is 9.78 Å². The molecular formula is C13H18BNO3. The summed E-state index contributed by atoms with van der Waals surface area (Å²) in [5, 5.41) is 0. The quantitative estimate of drug-likeness (QED) is 0.588. The van der Waals surface area contributed by atoms with Crippen LogP contribution in [0.1, 0.15) is 45.0 Å². The number of Topliss-reactive ketones (excluding diaryl/α,β-unsaturated/α-hetero) is 1. The Kier molecular flexibility index (Phi) is 3.07. The molecule has 1 aromatic heterocycles. The molecule has 0 unspecified atom stereocenters. The molecule has 1 fully saturated rings. The minimum Gasteiger partial charge on any atom is -0.399 e. The third-order valence-electron chi connectivity index (χ3n) is 3.69. The van der Waals surface area contributed by atoms with Crippen molar-refractivity contribution in [3.8, 4) is 0 Å². The van der Waals surface area contributed by atoms with E-state index >= 15 is 0 Å². The van der Waals surface area contributed by atoms with Crippen LogP contribution < -0.4 is 5.46 Å². The molecule has 0 atom stereocenters. The number of hydrogen-bond donors (Lipinski definition) is 0. The van der Waals surface area contributed by atoms with Gasteiger partial charge < -0.3 is 9.31 Å². The van der Waals surface area contributed by atoms with Crippen molar-refractivity contribution >= 4 is 18.4 Å². The van der Waals surface area contributed by atoms with Crippen LogP contribution in [0.2, 0.25) is 0 Å². The molecule has 0 bridgehead atoms. The normalized spacial score (nSPS) is 21.1. The highest BCUT2D eigenvalue weighted by atomic mass is 16.7. The molecule has 2 rings (SSSR count). The molecule has 2 heterocycles. The van der Waals surface area contributed by atoms with Crippen LogP contribution in [0, 0.1) is 0 Å². The van der Waals surface area contributed by atoms with Crippen molar-refractivity contribution in [2.75, 3.05) is 0 Å². The fraction of sp³-hybridized carbons (Fsp3) is 0.538. The second-order valence-corrected chi connectivity index (χ2v) is 5.65. The maximum absolute atomic E-state index is 11.3. The van der Waals surface area contributed by atoms with Gasteiger partial charge in [-0.05, 0) is 40.7 Å². The molecule has 0 spiro atoms. The zero-order valence-electron chi connectivity index (χ0n) is 11.5. The number of carbonyl (C=O) groups excluding carboxylic acids is 1. The van der Waals surface area contributed by atoms with Crippen LogP contribution in [0.3, 0.4) is 0 Å². The predicted molar refractivity (Wildman–Crippen MR) is 70.0 cm³/mol. The SMILES string of the molecule is CC(=O)c1cncc(B2OC(C)(C)C(C)(C)O2)c1. The summed E-state index contributed by atoms with van der Waals surface area (Å²) in [4.78, 5) is 15.4. The van der Waals surface area contributed by atoms with Crippen LogP contribution in [0.5, 0.6) is 0 Å². The zero-order chi connectivity index (χ0) is 13.6. The summed E-state index contributed by atoms with van der Waals surface area (Å²) in [5.41, 5.74) is 0.580. The van der Waals surface area contributed by atoms with Crippen LogP contribution in [0.15, 0.2) is 18.5 Å². The summed E-state index contributed by atoms with van der Waals surface area (Å²) in [6, 6.07) is 1.78. The lowest BCUT2D eigenvalue weighted by molar-refractivity contribution is 0.00578. The van der Waals surface area contributed by atoms with Gasteiger partial charge in [-0.1, -0.05) is 0 Å². The fourth-order valence-corrected chi connectivity index (χ4v) is 1.76. The Balaban J connectivity index is 2.30. The standard InChI is InChI=1S/C13H18BNO3/c1-9(16)10-6-11(8-15-7-10)14-17-12(2,3)13(4,5)18-14/h6-8H,1-5H3. The summed E-state index contributed by atoms with van der Waals surface area (Å²) >= 11 is 0. The van der Waals surface area contributed by atoms with Crippen LogP contribution in [-0.4, -0.2) is 29.1 Å². The molecule has 5 heteroatoms. The summed E-state index contributed by atoms with van der Waals surface area (Å²) < 4.78 is 11.8. The Hall–Kier alpha value is -1.20. The summed E-state index contributed by atoms with van der Waals surface area (Å²) in [6.45, 7) is 9.50. The van der Waals surface area contributed by atoms with Crippen molar-refractivity contribution in [3.05, 3.63) is 24.0 Å². The first-order valence-electron chi connectivity index (χ1n) is 6.04. The van der Waals surface area contributed by atoms with Crippen molar-refractivity contribution < 1.29 is 14.1 Å². The lowest BCUT2D eigenvalue weighted by Crippen LogP contribution is -2.41. The first-order chi connectivity index (χ1) is 8.23. The van der Waals surface area contributed by atoms with Crippen molar-refractivity contribution in [1.82, 2.24) is 4.98 Å². The summed E-state index contributed by atoms with van der Waals surface area (Å²) in [7, 11) is -0.471. The van der Waals surface area contributed by atoms with Crippen LogP contribution in [0.4, 0.5) is 0 Å². The minimum absolute atomic E-state index is 0.0131. The highest BCUT2D eigenvalue weighted by Gasteiger charge is 2.51. The van der Waals surface area contributed by atoms with Crippen molar-refractivity contribution in [3.63, 3.8) is 0 Å². The number of nitrogens with zero attached hydrogens (tertiary/aromatic N) is 1. The van der Waals surface area contributed by atoms with Gasteiger partial charge in [0.1, 0.15) is 0 Å². The van der Waals surface area contributed by atoms with Gasteiger partial charge in [-0.15, -0.1) is 0 Å². The third-order valence-corrected chi connectivity index (χ3v) is 3.69. The van der Waals surface area contributed by atoms with Gasteiger partial charge in [0, 0.05) is 23.4 Å². The second kappa shape index (κ2) is 4.18. The van der Waals surface area contributed by atoms with Gasteiger partial charge in [-0.25, -0.2) is 0 Å². The Bertz CT molecular complexity index is 469. The van der Waals surface area contributed by atoms with Crippen molar-refractivity contribution in [2.24, 2.45) is 0 Å². The molecule has 0 aromatic carbocycles. The number of ketones is 1. The molecule has 96 valence electrons. The molecule has 4 nitrogen and oxygen atoms in total. The lowest BCUT2D eigenvalue weighted by atomic mass is 9.79. The zero-order valence-corrected chi connectivity index (χ0v) is 11.5. The van der Waals surface area contributed by atoms with Crippen LogP contribution >= 0.6 is 0 Å². The molecule has 1 saturated heterocycles. The Morgan fingerprint density at radius 2 is 1.72 bits per heavy atom. The Morgan fingerprint density at radius 1 is 1.17 bits per heavy atom. The van der Waals surface area contributed by atoms with Gasteiger partial charge in [-0.2, -0.15) is 0 Å². The van der Waals surface area contributed by atoms with E-state index in [0.29, 0.717) is 5.56 Å². The van der Waals surface area contributed by atoms with Gasteiger partial charge in [0.05, 0.1) is 11.2 Å². The number of carbonyl (C=O) groups is 1. The molecule has 18 heavy (non-hydrogen) atoms. The summed E-state index contributed by atoms with van der Waals surface area (Å²) in [5.74, 6) is -0.0131. The average molecular weight is 247 g/mol. The van der Waals surface area contributed by atoms with E-state index in [1.54, 1.807) is 18.5 Å². The minimum atomic E-state index is -0.471. The monoisotopic (exact) mass is 247 g/mol.